The van der Waals surface area contributed by atoms with Crippen molar-refractivity contribution >= 4 is 5.69 Å². The lowest BCUT2D eigenvalue weighted by molar-refractivity contribution is -0.385. The number of rotatable bonds is 4. The molecule has 0 saturated heterocycles. The molecule has 0 aliphatic heterocycles. The lowest BCUT2D eigenvalue weighted by Crippen LogP contribution is -1.96. The molecular formula is C12H9FN2O4. The van der Waals surface area contributed by atoms with Crippen LogP contribution < -0.4 is 4.74 Å². The van der Waals surface area contributed by atoms with Crippen molar-refractivity contribution in [1.82, 2.24) is 4.98 Å². The van der Waals surface area contributed by atoms with Crippen molar-refractivity contribution in [3.63, 3.8) is 0 Å². The molecule has 2 rings (SSSR count). The van der Waals surface area contributed by atoms with Gasteiger partial charge in [-0.3, -0.25) is 10.1 Å². The van der Waals surface area contributed by atoms with Crippen molar-refractivity contribution in [2.45, 2.75) is 6.61 Å². The quantitative estimate of drug-likeness (QED) is 0.677. The second-order valence-corrected chi connectivity index (χ2v) is 3.63. The summed E-state index contributed by atoms with van der Waals surface area (Å²) in [5.41, 5.74) is 0.106. The van der Waals surface area contributed by atoms with Crippen LogP contribution in [-0.2, 0) is 6.61 Å². The fraction of sp³-hybridized carbons (Fsp3) is 0.0833. The van der Waals surface area contributed by atoms with E-state index in [2.05, 4.69) is 4.98 Å². The standard InChI is InChI=1S/C12H9FN2O4/c13-9-2-3-11(10(5-9)15(17)18)19-12-4-1-8(7-16)6-14-12/h1-6,16H,7H2. The predicted molar refractivity (Wildman–Crippen MR) is 63.3 cm³/mol. The van der Waals surface area contributed by atoms with E-state index in [0.717, 1.165) is 18.2 Å². The van der Waals surface area contributed by atoms with Gasteiger partial charge < -0.3 is 9.84 Å². The molecule has 0 spiro atoms. The summed E-state index contributed by atoms with van der Waals surface area (Å²) < 4.78 is 18.2. The number of ether oxygens (including phenoxy) is 1. The molecule has 0 saturated carbocycles. The Morgan fingerprint density at radius 3 is 2.74 bits per heavy atom. The number of nitro groups is 1. The molecule has 2 aromatic rings. The van der Waals surface area contributed by atoms with Crippen LogP contribution in [0, 0.1) is 15.9 Å². The zero-order chi connectivity index (χ0) is 13.8. The van der Waals surface area contributed by atoms with Gasteiger partial charge in [-0.25, -0.2) is 9.37 Å². The van der Waals surface area contributed by atoms with Gasteiger partial charge in [-0.2, -0.15) is 0 Å². The number of nitro benzene ring substituents is 1. The Morgan fingerprint density at radius 2 is 2.16 bits per heavy atom. The van der Waals surface area contributed by atoms with Crippen LogP contribution in [0.3, 0.4) is 0 Å². The van der Waals surface area contributed by atoms with Crippen LogP contribution in [0.1, 0.15) is 5.56 Å². The van der Waals surface area contributed by atoms with Crippen LogP contribution in [0.4, 0.5) is 10.1 Å². The fourth-order valence-corrected chi connectivity index (χ4v) is 1.40. The topological polar surface area (TPSA) is 85.5 Å². The number of aliphatic hydroxyl groups excluding tert-OH is 1. The number of hydrogen-bond donors (Lipinski definition) is 1. The number of hydrogen-bond acceptors (Lipinski definition) is 5. The molecule has 0 atom stereocenters. The average molecular weight is 264 g/mol. The van der Waals surface area contributed by atoms with Gasteiger partial charge in [0.15, 0.2) is 0 Å². The molecule has 1 heterocycles. The van der Waals surface area contributed by atoms with Gasteiger partial charge in [0.25, 0.3) is 0 Å². The summed E-state index contributed by atoms with van der Waals surface area (Å²) in [7, 11) is 0. The SMILES string of the molecule is O=[N+]([O-])c1cc(F)ccc1Oc1ccc(CO)cn1. The van der Waals surface area contributed by atoms with Crippen LogP contribution >= 0.6 is 0 Å². The number of halogens is 1. The van der Waals surface area contributed by atoms with E-state index < -0.39 is 16.4 Å². The van der Waals surface area contributed by atoms with E-state index in [1.807, 2.05) is 0 Å². The summed E-state index contributed by atoms with van der Waals surface area (Å²) in [5, 5.41) is 19.6. The number of aliphatic hydroxyl groups is 1. The second kappa shape index (κ2) is 5.40. The molecule has 1 aromatic carbocycles. The number of aromatic nitrogens is 1. The molecule has 1 N–H and O–H groups in total. The van der Waals surface area contributed by atoms with Gasteiger partial charge in [-0.05, 0) is 23.8 Å². The number of nitrogens with zero attached hydrogens (tertiary/aromatic N) is 2. The van der Waals surface area contributed by atoms with Crippen LogP contribution in [0.25, 0.3) is 0 Å². The molecule has 7 heteroatoms. The molecule has 19 heavy (non-hydrogen) atoms. The van der Waals surface area contributed by atoms with Crippen molar-refractivity contribution < 1.29 is 19.2 Å². The fourth-order valence-electron chi connectivity index (χ4n) is 1.40. The van der Waals surface area contributed by atoms with E-state index in [-0.39, 0.29) is 18.2 Å². The summed E-state index contributed by atoms with van der Waals surface area (Å²) in [6.07, 6.45) is 1.38. The van der Waals surface area contributed by atoms with Crippen molar-refractivity contribution in [2.75, 3.05) is 0 Å². The Balaban J connectivity index is 2.29. The minimum atomic E-state index is -0.736. The molecule has 0 amide bonds. The Morgan fingerprint density at radius 1 is 1.37 bits per heavy atom. The van der Waals surface area contributed by atoms with Gasteiger partial charge in [0.2, 0.25) is 11.6 Å². The third-order valence-electron chi connectivity index (χ3n) is 2.31. The average Bonchev–Trinajstić information content (AvgIpc) is 2.41. The lowest BCUT2D eigenvalue weighted by atomic mass is 10.3. The molecule has 0 unspecified atom stereocenters. The van der Waals surface area contributed by atoms with Crippen LogP contribution in [-0.4, -0.2) is 15.0 Å². The summed E-state index contributed by atoms with van der Waals surface area (Å²) in [5.74, 6) is -0.704. The summed E-state index contributed by atoms with van der Waals surface area (Å²) >= 11 is 0. The Kier molecular flexibility index (Phi) is 3.67. The van der Waals surface area contributed by atoms with Crippen LogP contribution in [0.5, 0.6) is 11.6 Å². The van der Waals surface area contributed by atoms with Gasteiger partial charge in [0.1, 0.15) is 5.82 Å². The largest absolute Gasteiger partial charge is 0.432 e. The maximum absolute atomic E-state index is 12.9. The van der Waals surface area contributed by atoms with E-state index in [4.69, 9.17) is 9.84 Å². The minimum Gasteiger partial charge on any atom is -0.432 e. The number of benzene rings is 1. The minimum absolute atomic E-state index is 0.101. The predicted octanol–water partition coefficient (Wildman–Crippen LogP) is 2.41. The van der Waals surface area contributed by atoms with Gasteiger partial charge in [-0.15, -0.1) is 0 Å². The molecule has 0 aliphatic rings. The Labute approximate surface area is 107 Å². The number of pyridine rings is 1. The van der Waals surface area contributed by atoms with E-state index in [1.165, 1.54) is 12.3 Å². The van der Waals surface area contributed by atoms with Crippen molar-refractivity contribution in [2.24, 2.45) is 0 Å². The maximum atomic E-state index is 12.9. The zero-order valence-corrected chi connectivity index (χ0v) is 9.62. The first-order valence-electron chi connectivity index (χ1n) is 5.27. The molecule has 0 aliphatic carbocycles. The van der Waals surface area contributed by atoms with Crippen molar-refractivity contribution in [3.8, 4) is 11.6 Å². The second-order valence-electron chi connectivity index (χ2n) is 3.63. The third kappa shape index (κ3) is 3.02. The summed E-state index contributed by atoms with van der Waals surface area (Å²) in [6, 6.07) is 6.02. The molecule has 6 nitrogen and oxygen atoms in total. The Bertz CT molecular complexity index is 601. The lowest BCUT2D eigenvalue weighted by Gasteiger charge is -2.05. The van der Waals surface area contributed by atoms with Crippen molar-refractivity contribution in [1.29, 1.82) is 0 Å². The molecular weight excluding hydrogens is 255 g/mol. The highest BCUT2D eigenvalue weighted by Gasteiger charge is 2.17. The van der Waals surface area contributed by atoms with Gasteiger partial charge in [0.05, 0.1) is 17.6 Å². The van der Waals surface area contributed by atoms with Crippen LogP contribution in [0.2, 0.25) is 0 Å². The molecule has 98 valence electrons. The first kappa shape index (κ1) is 12.9. The molecule has 0 bridgehead atoms. The first-order valence-corrected chi connectivity index (χ1v) is 5.27. The zero-order valence-electron chi connectivity index (χ0n) is 9.62. The van der Waals surface area contributed by atoms with Gasteiger partial charge in [0, 0.05) is 12.3 Å². The van der Waals surface area contributed by atoms with E-state index in [1.54, 1.807) is 6.07 Å². The monoisotopic (exact) mass is 264 g/mol. The van der Waals surface area contributed by atoms with Gasteiger partial charge >= 0.3 is 5.69 Å². The highest BCUT2D eigenvalue weighted by Crippen LogP contribution is 2.30. The molecule has 0 fully saturated rings. The summed E-state index contributed by atoms with van der Waals surface area (Å²) in [6.45, 7) is -0.163. The highest BCUT2D eigenvalue weighted by molar-refractivity contribution is 5.47. The van der Waals surface area contributed by atoms with Crippen molar-refractivity contribution in [3.05, 3.63) is 58.0 Å². The normalized spacial score (nSPS) is 10.2. The molecule has 0 radical (unpaired) electrons. The smallest absolute Gasteiger partial charge is 0.314 e. The third-order valence-corrected chi connectivity index (χ3v) is 2.31. The van der Waals surface area contributed by atoms with Gasteiger partial charge in [-0.1, -0.05) is 0 Å². The van der Waals surface area contributed by atoms with E-state index >= 15 is 0 Å². The van der Waals surface area contributed by atoms with E-state index in [0.29, 0.717) is 5.56 Å². The first-order chi connectivity index (χ1) is 9.10. The highest BCUT2D eigenvalue weighted by atomic mass is 19.1. The van der Waals surface area contributed by atoms with E-state index in [9.17, 15) is 14.5 Å². The summed E-state index contributed by atoms with van der Waals surface area (Å²) in [4.78, 5) is 13.9. The molecule has 1 aromatic heterocycles. The maximum Gasteiger partial charge on any atom is 0.314 e. The van der Waals surface area contributed by atoms with Crippen LogP contribution in [0.15, 0.2) is 36.5 Å². The Hall–Kier alpha value is -2.54.